The van der Waals surface area contributed by atoms with Gasteiger partial charge in [-0.25, -0.2) is 0 Å². The summed E-state index contributed by atoms with van der Waals surface area (Å²) in [5.74, 6) is 0.00478. The highest BCUT2D eigenvalue weighted by atomic mass is 16.3. The van der Waals surface area contributed by atoms with E-state index in [1.165, 1.54) is 0 Å². The number of hydrogen-bond donors (Lipinski definition) is 3. The zero-order valence-electron chi connectivity index (χ0n) is 12.0. The molecular weight excluding hydrogens is 240 g/mol. The fraction of sp³-hybridized carbons (Fsp3) is 0.533. The Morgan fingerprint density at radius 3 is 2.63 bits per heavy atom. The van der Waals surface area contributed by atoms with E-state index in [-0.39, 0.29) is 18.1 Å². The second kappa shape index (κ2) is 7.26. The first-order valence-corrected chi connectivity index (χ1v) is 6.67. The second-order valence-corrected chi connectivity index (χ2v) is 5.37. The number of carbonyl (C=O) groups is 1. The molecule has 0 fully saturated rings. The van der Waals surface area contributed by atoms with Crippen molar-refractivity contribution in [3.8, 4) is 0 Å². The second-order valence-electron chi connectivity index (χ2n) is 5.37. The van der Waals surface area contributed by atoms with Crippen LogP contribution in [0.25, 0.3) is 0 Å². The highest BCUT2D eigenvalue weighted by molar-refractivity contribution is 5.78. The van der Waals surface area contributed by atoms with Gasteiger partial charge in [0.1, 0.15) is 0 Å². The zero-order chi connectivity index (χ0) is 14.3. The summed E-state index contributed by atoms with van der Waals surface area (Å²) in [5, 5.41) is 15.1. The summed E-state index contributed by atoms with van der Waals surface area (Å²) >= 11 is 0. The first-order chi connectivity index (χ1) is 8.96. The van der Waals surface area contributed by atoms with Gasteiger partial charge in [0.15, 0.2) is 0 Å². The Bertz CT molecular complexity index is 416. The van der Waals surface area contributed by atoms with E-state index >= 15 is 0 Å². The number of benzene rings is 1. The topological polar surface area (TPSA) is 61.4 Å². The van der Waals surface area contributed by atoms with Gasteiger partial charge in [0.2, 0.25) is 5.91 Å². The number of amides is 1. The maximum absolute atomic E-state index is 11.7. The quantitative estimate of drug-likeness (QED) is 0.700. The number of nitrogens with one attached hydrogen (secondary N) is 2. The van der Waals surface area contributed by atoms with Crippen molar-refractivity contribution in [3.05, 3.63) is 35.4 Å². The molecule has 0 unspecified atom stereocenters. The summed E-state index contributed by atoms with van der Waals surface area (Å²) in [6.45, 7) is 7.03. The summed E-state index contributed by atoms with van der Waals surface area (Å²) in [4.78, 5) is 11.7. The molecule has 3 N–H and O–H groups in total. The lowest BCUT2D eigenvalue weighted by atomic mass is 10.0. The standard InChI is InChI=1S/C15H24N2O2/c1-4-15(2,3)17-14(19)10-16-9-12-6-5-7-13(8-12)11-18/h5-8,16,18H,4,9-11H2,1-3H3,(H,17,19). The molecule has 0 atom stereocenters. The van der Waals surface area contributed by atoms with E-state index in [0.717, 1.165) is 17.5 Å². The molecule has 0 heterocycles. The van der Waals surface area contributed by atoms with Crippen LogP contribution in [-0.4, -0.2) is 23.1 Å². The number of aliphatic hydroxyl groups excluding tert-OH is 1. The van der Waals surface area contributed by atoms with Crippen LogP contribution in [0.1, 0.15) is 38.3 Å². The molecule has 0 aliphatic carbocycles. The largest absolute Gasteiger partial charge is 0.392 e. The van der Waals surface area contributed by atoms with Crippen molar-refractivity contribution in [2.75, 3.05) is 6.54 Å². The highest BCUT2D eigenvalue weighted by Gasteiger charge is 2.16. The Labute approximate surface area is 115 Å². The molecule has 1 aromatic rings. The summed E-state index contributed by atoms with van der Waals surface area (Å²) in [6, 6.07) is 7.68. The number of hydrogen-bond acceptors (Lipinski definition) is 3. The van der Waals surface area contributed by atoms with Crippen LogP contribution >= 0.6 is 0 Å². The van der Waals surface area contributed by atoms with Crippen LogP contribution in [-0.2, 0) is 17.9 Å². The molecule has 0 bridgehead atoms. The third-order valence-corrected chi connectivity index (χ3v) is 3.15. The predicted molar refractivity (Wildman–Crippen MR) is 76.6 cm³/mol. The Morgan fingerprint density at radius 1 is 1.32 bits per heavy atom. The van der Waals surface area contributed by atoms with Crippen molar-refractivity contribution in [1.82, 2.24) is 10.6 Å². The van der Waals surface area contributed by atoms with Crippen LogP contribution < -0.4 is 10.6 Å². The van der Waals surface area contributed by atoms with E-state index in [1.807, 2.05) is 45.0 Å². The minimum absolute atomic E-state index is 0.00478. The van der Waals surface area contributed by atoms with Gasteiger partial charge in [-0.1, -0.05) is 31.2 Å². The molecular formula is C15H24N2O2. The lowest BCUT2D eigenvalue weighted by molar-refractivity contribution is -0.121. The van der Waals surface area contributed by atoms with Gasteiger partial charge in [-0.2, -0.15) is 0 Å². The monoisotopic (exact) mass is 264 g/mol. The van der Waals surface area contributed by atoms with Gasteiger partial charge in [0.05, 0.1) is 13.2 Å². The first kappa shape index (κ1) is 15.7. The number of rotatable bonds is 7. The van der Waals surface area contributed by atoms with Crippen molar-refractivity contribution in [3.63, 3.8) is 0 Å². The van der Waals surface area contributed by atoms with Gasteiger partial charge in [0, 0.05) is 12.1 Å². The number of aliphatic hydroxyl groups is 1. The van der Waals surface area contributed by atoms with Crippen molar-refractivity contribution < 1.29 is 9.90 Å². The van der Waals surface area contributed by atoms with Gasteiger partial charge in [-0.05, 0) is 31.4 Å². The summed E-state index contributed by atoms with van der Waals surface area (Å²) < 4.78 is 0. The van der Waals surface area contributed by atoms with Crippen molar-refractivity contribution in [2.24, 2.45) is 0 Å². The van der Waals surface area contributed by atoms with Crippen molar-refractivity contribution >= 4 is 5.91 Å². The molecule has 1 rings (SSSR count). The third-order valence-electron chi connectivity index (χ3n) is 3.15. The average molecular weight is 264 g/mol. The van der Waals surface area contributed by atoms with Gasteiger partial charge < -0.3 is 15.7 Å². The van der Waals surface area contributed by atoms with Gasteiger partial charge in [0.25, 0.3) is 0 Å². The van der Waals surface area contributed by atoms with Crippen LogP contribution in [0, 0.1) is 0 Å². The average Bonchev–Trinajstić information content (AvgIpc) is 2.38. The SMILES string of the molecule is CCC(C)(C)NC(=O)CNCc1cccc(CO)c1. The Morgan fingerprint density at radius 2 is 2.00 bits per heavy atom. The summed E-state index contributed by atoms with van der Waals surface area (Å²) in [5.41, 5.74) is 1.79. The highest BCUT2D eigenvalue weighted by Crippen LogP contribution is 2.06. The van der Waals surface area contributed by atoms with E-state index in [1.54, 1.807) is 0 Å². The van der Waals surface area contributed by atoms with E-state index in [4.69, 9.17) is 5.11 Å². The minimum atomic E-state index is -0.157. The molecule has 0 aliphatic rings. The van der Waals surface area contributed by atoms with Gasteiger partial charge in [-0.3, -0.25) is 4.79 Å². The van der Waals surface area contributed by atoms with E-state index in [0.29, 0.717) is 13.1 Å². The van der Waals surface area contributed by atoms with Crippen LogP contribution in [0.5, 0.6) is 0 Å². The Balaban J connectivity index is 2.35. The molecule has 0 saturated heterocycles. The van der Waals surface area contributed by atoms with Gasteiger partial charge in [-0.15, -0.1) is 0 Å². The van der Waals surface area contributed by atoms with E-state index < -0.39 is 0 Å². The molecule has 106 valence electrons. The van der Waals surface area contributed by atoms with Crippen LogP contribution in [0.15, 0.2) is 24.3 Å². The normalized spacial score (nSPS) is 11.4. The van der Waals surface area contributed by atoms with Crippen LogP contribution in [0.4, 0.5) is 0 Å². The molecule has 0 radical (unpaired) electrons. The van der Waals surface area contributed by atoms with E-state index in [9.17, 15) is 4.79 Å². The smallest absolute Gasteiger partial charge is 0.234 e. The summed E-state index contributed by atoms with van der Waals surface area (Å²) in [7, 11) is 0. The Hall–Kier alpha value is -1.39. The van der Waals surface area contributed by atoms with Crippen LogP contribution in [0.3, 0.4) is 0 Å². The predicted octanol–water partition coefficient (Wildman–Crippen LogP) is 1.57. The van der Waals surface area contributed by atoms with Crippen LogP contribution in [0.2, 0.25) is 0 Å². The molecule has 0 spiro atoms. The Kier molecular flexibility index (Phi) is 5.99. The maximum atomic E-state index is 11.7. The molecule has 0 saturated carbocycles. The fourth-order valence-electron chi connectivity index (χ4n) is 1.67. The fourth-order valence-corrected chi connectivity index (χ4v) is 1.67. The zero-order valence-corrected chi connectivity index (χ0v) is 12.0. The minimum Gasteiger partial charge on any atom is -0.392 e. The maximum Gasteiger partial charge on any atom is 0.234 e. The molecule has 1 amide bonds. The lowest BCUT2D eigenvalue weighted by Crippen LogP contribution is -2.46. The first-order valence-electron chi connectivity index (χ1n) is 6.67. The molecule has 0 aromatic heterocycles. The van der Waals surface area contributed by atoms with E-state index in [2.05, 4.69) is 10.6 Å². The molecule has 0 aliphatic heterocycles. The molecule has 1 aromatic carbocycles. The number of carbonyl (C=O) groups excluding carboxylic acids is 1. The summed E-state index contributed by atoms with van der Waals surface area (Å²) in [6.07, 6.45) is 0.900. The van der Waals surface area contributed by atoms with Gasteiger partial charge >= 0.3 is 0 Å². The molecule has 4 nitrogen and oxygen atoms in total. The third kappa shape index (κ3) is 5.85. The molecule has 4 heteroatoms. The molecule has 19 heavy (non-hydrogen) atoms. The van der Waals surface area contributed by atoms with Crippen molar-refractivity contribution in [2.45, 2.75) is 45.9 Å². The van der Waals surface area contributed by atoms with Crippen molar-refractivity contribution in [1.29, 1.82) is 0 Å². The lowest BCUT2D eigenvalue weighted by Gasteiger charge is -2.24.